The molecule has 1 aromatic rings. The molecule has 0 aliphatic heterocycles. The van der Waals surface area contributed by atoms with Crippen molar-refractivity contribution in [2.45, 2.75) is 39.4 Å². The van der Waals surface area contributed by atoms with Crippen LogP contribution in [0, 0.1) is 0 Å². The highest BCUT2D eigenvalue weighted by Crippen LogP contribution is 2.14. The van der Waals surface area contributed by atoms with Crippen molar-refractivity contribution in [1.82, 2.24) is 5.16 Å². The summed E-state index contributed by atoms with van der Waals surface area (Å²) in [5.41, 5.74) is 6.30. The van der Waals surface area contributed by atoms with E-state index in [2.05, 4.69) is 19.0 Å². The summed E-state index contributed by atoms with van der Waals surface area (Å²) < 4.78 is 37.4. The van der Waals surface area contributed by atoms with Gasteiger partial charge in [0.2, 0.25) is 5.78 Å². The van der Waals surface area contributed by atoms with Gasteiger partial charge in [-0.15, -0.1) is 0 Å². The summed E-state index contributed by atoms with van der Waals surface area (Å²) >= 11 is 0. The quantitative estimate of drug-likeness (QED) is 0.877. The Morgan fingerprint density at radius 1 is 1.53 bits per heavy atom. The molecule has 2 N–H and O–H groups in total. The first kappa shape index (κ1) is 15.6. The lowest BCUT2D eigenvalue weighted by molar-refractivity contribution is -0.168. The Bertz CT molecular complexity index is 359. The van der Waals surface area contributed by atoms with Crippen molar-refractivity contribution < 1.29 is 22.5 Å². The first-order chi connectivity index (χ1) is 7.68. The Labute approximate surface area is 97.0 Å². The van der Waals surface area contributed by atoms with Crippen LogP contribution in [0.5, 0.6) is 0 Å². The molecule has 0 fully saturated rings. The number of ketones is 1. The van der Waals surface area contributed by atoms with Gasteiger partial charge in [0.05, 0.1) is 12.2 Å². The molecule has 0 aromatic carbocycles. The van der Waals surface area contributed by atoms with Crippen molar-refractivity contribution in [3.05, 3.63) is 17.5 Å². The van der Waals surface area contributed by atoms with Crippen LogP contribution >= 0.6 is 0 Å². The molecule has 0 aliphatic carbocycles. The molecule has 1 aromatic heterocycles. The number of carbonyl (C=O) groups excluding carboxylic acids is 1. The van der Waals surface area contributed by atoms with E-state index in [4.69, 9.17) is 10.3 Å². The number of aromatic nitrogens is 1. The Morgan fingerprint density at radius 3 is 2.18 bits per heavy atom. The zero-order chi connectivity index (χ0) is 13.6. The predicted molar refractivity (Wildman–Crippen MR) is 55.2 cm³/mol. The van der Waals surface area contributed by atoms with Crippen LogP contribution in [0.25, 0.3) is 0 Å². The molecule has 17 heavy (non-hydrogen) atoms. The molecule has 0 spiro atoms. The number of Topliss-reactive ketones (excluding diaryl/α,β-unsaturated/α-hetero) is 1. The number of rotatable bonds is 2. The number of nitrogens with zero attached hydrogens (tertiary/aromatic N) is 1. The lowest BCUT2D eigenvalue weighted by Gasteiger charge is -1.95. The third-order valence-corrected chi connectivity index (χ3v) is 1.77. The molecule has 0 bridgehead atoms. The molecule has 4 nitrogen and oxygen atoms in total. The van der Waals surface area contributed by atoms with Crippen LogP contribution in [0.1, 0.15) is 38.1 Å². The highest BCUT2D eigenvalue weighted by atomic mass is 19.4. The molecule has 0 aliphatic rings. The summed E-state index contributed by atoms with van der Waals surface area (Å²) in [6.45, 7) is 5.05. The van der Waals surface area contributed by atoms with Gasteiger partial charge in [-0.25, -0.2) is 0 Å². The minimum Gasteiger partial charge on any atom is -0.360 e. The number of hydrogen-bond acceptors (Lipinski definition) is 4. The maximum Gasteiger partial charge on any atom is 0.449 e. The Kier molecular flexibility index (Phi) is 5.87. The van der Waals surface area contributed by atoms with Gasteiger partial charge in [-0.05, 0) is 5.92 Å². The van der Waals surface area contributed by atoms with Gasteiger partial charge < -0.3 is 10.3 Å². The molecule has 1 rings (SSSR count). The molecule has 1 heterocycles. The summed E-state index contributed by atoms with van der Waals surface area (Å²) in [6.07, 6.45) is -4.64. The zero-order valence-electron chi connectivity index (χ0n) is 9.84. The number of carbonyl (C=O) groups is 1. The average molecular weight is 252 g/mol. The number of alkyl halides is 3. The number of halogens is 3. The molecule has 0 saturated carbocycles. The molecule has 7 heteroatoms. The molecule has 0 unspecified atom stereocenters. The molecule has 98 valence electrons. The Hall–Kier alpha value is -1.37. The topological polar surface area (TPSA) is 69.1 Å². The molecule has 0 saturated heterocycles. The predicted octanol–water partition coefficient (Wildman–Crippen LogP) is 2.39. The van der Waals surface area contributed by atoms with Crippen LogP contribution < -0.4 is 5.73 Å². The van der Waals surface area contributed by atoms with Gasteiger partial charge in [0.15, 0.2) is 5.76 Å². The van der Waals surface area contributed by atoms with Crippen molar-refractivity contribution in [3.8, 4) is 0 Å². The highest BCUT2D eigenvalue weighted by Gasteiger charge is 2.33. The van der Waals surface area contributed by atoms with Crippen molar-refractivity contribution in [1.29, 1.82) is 0 Å². The Morgan fingerprint density at radius 2 is 2.00 bits per heavy atom. The molecule has 0 radical (unpaired) electrons. The van der Waals surface area contributed by atoms with Gasteiger partial charge in [0.1, 0.15) is 0 Å². The van der Waals surface area contributed by atoms with E-state index >= 15 is 0 Å². The van der Waals surface area contributed by atoms with E-state index < -0.39 is 12.0 Å². The van der Waals surface area contributed by atoms with Crippen LogP contribution in [0.15, 0.2) is 10.6 Å². The van der Waals surface area contributed by atoms with E-state index in [1.165, 1.54) is 0 Å². The third kappa shape index (κ3) is 6.06. The van der Waals surface area contributed by atoms with Crippen molar-refractivity contribution in [3.63, 3.8) is 0 Å². The fraction of sp³-hybridized carbons (Fsp3) is 0.600. The average Bonchev–Trinajstić information content (AvgIpc) is 2.65. The second-order valence-electron chi connectivity index (χ2n) is 3.63. The van der Waals surface area contributed by atoms with Crippen LogP contribution in [0.2, 0.25) is 0 Å². The van der Waals surface area contributed by atoms with E-state index in [1.807, 2.05) is 6.07 Å². The van der Waals surface area contributed by atoms with Crippen LogP contribution in [0.4, 0.5) is 13.2 Å². The van der Waals surface area contributed by atoms with E-state index in [1.54, 1.807) is 0 Å². The largest absolute Gasteiger partial charge is 0.449 e. The molecule has 0 amide bonds. The lowest BCUT2D eigenvalue weighted by Crippen LogP contribution is -2.18. The van der Waals surface area contributed by atoms with Gasteiger partial charge in [0.25, 0.3) is 0 Å². The van der Waals surface area contributed by atoms with Gasteiger partial charge >= 0.3 is 6.18 Å². The summed E-state index contributed by atoms with van der Waals surface area (Å²) in [7, 11) is 0. The first-order valence-corrected chi connectivity index (χ1v) is 4.91. The van der Waals surface area contributed by atoms with Crippen molar-refractivity contribution in [2.75, 3.05) is 0 Å². The SMILES string of the molecule is CC(=O)C(F)(F)F.CC(C)c1cc(CN)on1. The van der Waals surface area contributed by atoms with Crippen LogP contribution in [-0.2, 0) is 11.3 Å². The van der Waals surface area contributed by atoms with E-state index in [-0.39, 0.29) is 0 Å². The fourth-order valence-electron chi connectivity index (χ4n) is 0.697. The monoisotopic (exact) mass is 252 g/mol. The fourth-order valence-corrected chi connectivity index (χ4v) is 0.697. The summed E-state index contributed by atoms with van der Waals surface area (Å²) in [5, 5.41) is 3.83. The molecular weight excluding hydrogens is 237 g/mol. The second-order valence-corrected chi connectivity index (χ2v) is 3.63. The van der Waals surface area contributed by atoms with E-state index in [0.717, 1.165) is 11.5 Å². The minimum absolute atomic E-state index is 0.420. The maximum absolute atomic E-state index is 10.8. The zero-order valence-corrected chi connectivity index (χ0v) is 9.84. The van der Waals surface area contributed by atoms with E-state index in [9.17, 15) is 18.0 Å². The molecular formula is C10H15F3N2O2. The second kappa shape index (κ2) is 6.39. The maximum atomic E-state index is 10.8. The van der Waals surface area contributed by atoms with Crippen molar-refractivity contribution >= 4 is 5.78 Å². The Balaban J connectivity index is 0.000000325. The van der Waals surface area contributed by atoms with Crippen LogP contribution in [0.3, 0.4) is 0 Å². The molecule has 0 atom stereocenters. The highest BCUT2D eigenvalue weighted by molar-refractivity contribution is 5.81. The van der Waals surface area contributed by atoms with E-state index in [0.29, 0.717) is 19.4 Å². The normalized spacial score (nSPS) is 11.1. The number of hydrogen-bond donors (Lipinski definition) is 1. The van der Waals surface area contributed by atoms with Gasteiger partial charge in [-0.1, -0.05) is 19.0 Å². The van der Waals surface area contributed by atoms with Gasteiger partial charge in [-0.3, -0.25) is 4.79 Å². The minimum atomic E-state index is -4.64. The smallest absolute Gasteiger partial charge is 0.360 e. The van der Waals surface area contributed by atoms with Crippen molar-refractivity contribution in [2.24, 2.45) is 5.73 Å². The van der Waals surface area contributed by atoms with Gasteiger partial charge in [0, 0.05) is 13.0 Å². The third-order valence-electron chi connectivity index (χ3n) is 1.77. The summed E-state index contributed by atoms with van der Waals surface area (Å²) in [5.74, 6) is -0.583. The van der Waals surface area contributed by atoms with Gasteiger partial charge in [-0.2, -0.15) is 13.2 Å². The summed E-state index contributed by atoms with van der Waals surface area (Å²) in [6, 6.07) is 1.89. The number of nitrogens with two attached hydrogens (primary N) is 1. The lowest BCUT2D eigenvalue weighted by atomic mass is 10.1. The summed E-state index contributed by atoms with van der Waals surface area (Å²) in [4.78, 5) is 9.34. The standard InChI is InChI=1S/C7H12N2O.C3H3F3O/c1-5(2)7-3-6(4-8)10-9-7;1-2(7)3(4,5)6/h3,5H,4,8H2,1-2H3;1H3. The first-order valence-electron chi connectivity index (χ1n) is 4.91. The van der Waals surface area contributed by atoms with Crippen LogP contribution in [-0.4, -0.2) is 17.1 Å².